The van der Waals surface area contributed by atoms with Gasteiger partial charge in [-0.15, -0.1) is 0 Å². The Morgan fingerprint density at radius 1 is 0.266 bits per heavy atom. The molecule has 0 saturated carbocycles. The monoisotopic (exact) mass is 1100 g/mol. The molecule has 0 heterocycles. The van der Waals surface area contributed by atoms with Gasteiger partial charge in [-0.2, -0.15) is 0 Å². The molecule has 0 N–H and O–H groups in total. The molecule has 0 fully saturated rings. The van der Waals surface area contributed by atoms with Crippen molar-refractivity contribution >= 4 is 17.9 Å². The average molecular weight is 1100 g/mol. The number of rotatable bonds is 60. The van der Waals surface area contributed by atoms with Gasteiger partial charge in [-0.1, -0.05) is 304 Å². The van der Waals surface area contributed by atoms with E-state index in [2.05, 4.69) is 130 Å². The molecule has 452 valence electrons. The van der Waals surface area contributed by atoms with Crippen LogP contribution in [-0.2, 0) is 28.6 Å². The van der Waals surface area contributed by atoms with Crippen molar-refractivity contribution in [3.8, 4) is 0 Å². The number of carbonyl (C=O) groups excluding carboxylic acids is 3. The number of allylic oxidation sites excluding steroid dienone is 18. The van der Waals surface area contributed by atoms with Crippen molar-refractivity contribution in [1.82, 2.24) is 0 Å². The summed E-state index contributed by atoms with van der Waals surface area (Å²) >= 11 is 0. The lowest BCUT2D eigenvalue weighted by molar-refractivity contribution is -0.167. The van der Waals surface area contributed by atoms with Gasteiger partial charge in [0.25, 0.3) is 0 Å². The molecule has 0 aromatic carbocycles. The van der Waals surface area contributed by atoms with Crippen LogP contribution in [0, 0.1) is 0 Å². The molecule has 79 heavy (non-hydrogen) atoms. The van der Waals surface area contributed by atoms with Gasteiger partial charge in [0.05, 0.1) is 0 Å². The predicted molar refractivity (Wildman–Crippen MR) is 343 cm³/mol. The molecular formula is C73H124O6. The fourth-order valence-corrected chi connectivity index (χ4v) is 9.35. The molecule has 0 bridgehead atoms. The van der Waals surface area contributed by atoms with Crippen LogP contribution in [0.5, 0.6) is 0 Å². The number of esters is 3. The molecule has 1 atom stereocenters. The fraction of sp³-hybridized carbons (Fsp3) is 0.712. The fourth-order valence-electron chi connectivity index (χ4n) is 9.35. The Kier molecular flexibility index (Phi) is 63.3. The van der Waals surface area contributed by atoms with Crippen LogP contribution < -0.4 is 0 Å². The van der Waals surface area contributed by atoms with Gasteiger partial charge in [0.2, 0.25) is 0 Å². The van der Waals surface area contributed by atoms with Crippen molar-refractivity contribution in [2.45, 2.75) is 322 Å². The van der Waals surface area contributed by atoms with Gasteiger partial charge in [-0.05, 0) is 103 Å². The van der Waals surface area contributed by atoms with E-state index in [1.807, 2.05) is 0 Å². The maximum Gasteiger partial charge on any atom is 0.306 e. The summed E-state index contributed by atoms with van der Waals surface area (Å²) in [5.74, 6) is -0.909. The molecule has 1 unspecified atom stereocenters. The Morgan fingerprint density at radius 3 is 0.772 bits per heavy atom. The topological polar surface area (TPSA) is 78.9 Å². The molecule has 6 heteroatoms. The molecule has 0 aromatic rings. The summed E-state index contributed by atoms with van der Waals surface area (Å²) in [6.07, 6.45) is 90.9. The Labute approximate surface area is 489 Å². The molecule has 0 aliphatic rings. The minimum absolute atomic E-state index is 0.0909. The second kappa shape index (κ2) is 66.6. The van der Waals surface area contributed by atoms with Crippen molar-refractivity contribution in [2.24, 2.45) is 0 Å². The summed E-state index contributed by atoms with van der Waals surface area (Å²) in [6, 6.07) is 0. The van der Waals surface area contributed by atoms with Crippen molar-refractivity contribution in [3.63, 3.8) is 0 Å². The summed E-state index contributed by atoms with van der Waals surface area (Å²) in [6.45, 7) is 6.42. The van der Waals surface area contributed by atoms with Gasteiger partial charge in [0, 0.05) is 19.3 Å². The number of carbonyl (C=O) groups is 3. The minimum atomic E-state index is -0.795. The largest absolute Gasteiger partial charge is 0.462 e. The highest BCUT2D eigenvalue weighted by molar-refractivity contribution is 5.71. The third kappa shape index (κ3) is 64.8. The smallest absolute Gasteiger partial charge is 0.306 e. The lowest BCUT2D eigenvalue weighted by Crippen LogP contribution is -2.30. The third-order valence-electron chi connectivity index (χ3n) is 14.3. The molecule has 0 aliphatic heterocycles. The van der Waals surface area contributed by atoms with E-state index in [-0.39, 0.29) is 31.1 Å². The average Bonchev–Trinajstić information content (AvgIpc) is 3.45. The summed E-state index contributed by atoms with van der Waals surface area (Å²) in [4.78, 5) is 38.4. The molecule has 0 aromatic heterocycles. The van der Waals surface area contributed by atoms with Crippen molar-refractivity contribution < 1.29 is 28.6 Å². The van der Waals surface area contributed by atoms with E-state index in [0.717, 1.165) is 148 Å². The second-order valence-electron chi connectivity index (χ2n) is 22.0. The highest BCUT2D eigenvalue weighted by Crippen LogP contribution is 2.17. The van der Waals surface area contributed by atoms with Crippen LogP contribution in [0.4, 0.5) is 0 Å². The normalized spacial score (nSPS) is 12.8. The molecule has 0 spiro atoms. The zero-order chi connectivity index (χ0) is 57.1. The molecule has 0 saturated heterocycles. The Bertz CT molecular complexity index is 1590. The summed E-state index contributed by atoms with van der Waals surface area (Å²) in [5, 5.41) is 0. The summed E-state index contributed by atoms with van der Waals surface area (Å²) in [7, 11) is 0. The highest BCUT2D eigenvalue weighted by atomic mass is 16.6. The first-order valence-corrected chi connectivity index (χ1v) is 33.4. The first-order chi connectivity index (χ1) is 39.0. The van der Waals surface area contributed by atoms with Gasteiger partial charge in [0.1, 0.15) is 13.2 Å². The standard InChI is InChI=1S/C73H124O6/c1-4-7-10-13-16-19-22-25-28-31-34-36-39-42-45-48-51-54-57-60-63-66-72(75)78-69-70(68-77-71(74)65-62-59-56-53-50-47-44-41-38-33-30-27-24-21-18-15-12-9-6-3)79-73(76)67-64-61-58-55-52-49-46-43-40-37-35-32-29-26-23-20-17-14-11-8-5-2/h7,9-10,12,16,18-19,21,25,27-28,30,34,36,38,41-42,45,70H,4-6,8,11,13-15,17,20,22-24,26,29,31-33,35,37,39-40,43-44,46-69H2,1-3H3/b10-7-,12-9-,19-16-,21-18-,28-25-,30-27-,36-34-,41-38-,45-42-. The van der Waals surface area contributed by atoms with Gasteiger partial charge >= 0.3 is 17.9 Å². The maximum absolute atomic E-state index is 13.0. The molecular weight excluding hydrogens is 973 g/mol. The van der Waals surface area contributed by atoms with E-state index in [9.17, 15) is 14.4 Å². The molecule has 0 aliphatic carbocycles. The van der Waals surface area contributed by atoms with Gasteiger partial charge < -0.3 is 14.2 Å². The maximum atomic E-state index is 13.0. The number of hydrogen-bond acceptors (Lipinski definition) is 6. The Balaban J connectivity index is 4.43. The van der Waals surface area contributed by atoms with Crippen LogP contribution in [-0.4, -0.2) is 37.2 Å². The Hall–Kier alpha value is -3.93. The van der Waals surface area contributed by atoms with E-state index in [1.54, 1.807) is 0 Å². The summed E-state index contributed by atoms with van der Waals surface area (Å²) < 4.78 is 17.0. The lowest BCUT2D eigenvalue weighted by atomic mass is 10.0. The number of ether oxygens (including phenoxy) is 3. The Morgan fingerprint density at radius 2 is 0.494 bits per heavy atom. The quantitative estimate of drug-likeness (QED) is 0.0261. The van der Waals surface area contributed by atoms with Gasteiger partial charge in [-0.3, -0.25) is 14.4 Å². The first kappa shape index (κ1) is 75.1. The van der Waals surface area contributed by atoms with E-state index in [1.165, 1.54) is 128 Å². The van der Waals surface area contributed by atoms with Gasteiger partial charge in [0.15, 0.2) is 6.10 Å². The second-order valence-corrected chi connectivity index (χ2v) is 22.0. The SMILES string of the molecule is CC/C=C\C/C=C\C/C=C\C/C=C\C/C=C\CCCCCCCC(=O)OCC(COC(=O)CCCCCCCC/C=C\C/C=C\C/C=C\C/C=C\CC)OC(=O)CCCCCCCCCCCCCCCCCCCCCCC. The zero-order valence-corrected chi connectivity index (χ0v) is 51.9. The van der Waals surface area contributed by atoms with Crippen molar-refractivity contribution in [1.29, 1.82) is 0 Å². The van der Waals surface area contributed by atoms with Crippen LogP contribution in [0.1, 0.15) is 316 Å². The van der Waals surface area contributed by atoms with Crippen LogP contribution in [0.2, 0.25) is 0 Å². The molecule has 0 radical (unpaired) electrons. The number of hydrogen-bond donors (Lipinski definition) is 0. The first-order valence-electron chi connectivity index (χ1n) is 33.4. The van der Waals surface area contributed by atoms with Crippen molar-refractivity contribution in [3.05, 3.63) is 109 Å². The van der Waals surface area contributed by atoms with E-state index < -0.39 is 6.10 Å². The van der Waals surface area contributed by atoms with Gasteiger partial charge in [-0.25, -0.2) is 0 Å². The van der Waals surface area contributed by atoms with Crippen LogP contribution in [0.15, 0.2) is 109 Å². The van der Waals surface area contributed by atoms with Crippen molar-refractivity contribution in [2.75, 3.05) is 13.2 Å². The van der Waals surface area contributed by atoms with Crippen LogP contribution >= 0.6 is 0 Å². The van der Waals surface area contributed by atoms with Crippen LogP contribution in [0.25, 0.3) is 0 Å². The van der Waals surface area contributed by atoms with E-state index in [4.69, 9.17) is 14.2 Å². The highest BCUT2D eigenvalue weighted by Gasteiger charge is 2.19. The zero-order valence-electron chi connectivity index (χ0n) is 51.9. The lowest BCUT2D eigenvalue weighted by Gasteiger charge is -2.18. The van der Waals surface area contributed by atoms with Crippen LogP contribution in [0.3, 0.4) is 0 Å². The third-order valence-corrected chi connectivity index (χ3v) is 14.3. The molecule has 0 amide bonds. The summed E-state index contributed by atoms with van der Waals surface area (Å²) in [5.41, 5.74) is 0. The number of unbranched alkanes of at least 4 members (excludes halogenated alkanes) is 31. The van der Waals surface area contributed by atoms with E-state index >= 15 is 0 Å². The molecule has 6 nitrogen and oxygen atoms in total. The molecule has 0 rings (SSSR count). The van der Waals surface area contributed by atoms with E-state index in [0.29, 0.717) is 19.3 Å². The minimum Gasteiger partial charge on any atom is -0.462 e. The predicted octanol–water partition coefficient (Wildman–Crippen LogP) is 23.0.